The number of fused-ring (bicyclic) bond motifs is 1. The largest absolute Gasteiger partial charge is 0.357 e. The number of guanidine groups is 1. The second-order valence-electron chi connectivity index (χ2n) is 5.23. The first-order valence-electron chi connectivity index (χ1n) is 8.16. The van der Waals surface area contributed by atoms with Crippen molar-refractivity contribution in [2.45, 2.75) is 46.1 Å². The monoisotopic (exact) mass is 430 g/mol. The molecule has 0 fully saturated rings. The van der Waals surface area contributed by atoms with Gasteiger partial charge in [0.25, 0.3) is 0 Å². The quantitative estimate of drug-likeness (QED) is 0.293. The van der Waals surface area contributed by atoms with E-state index in [1.807, 2.05) is 28.8 Å². The average Bonchev–Trinajstić information content (AvgIpc) is 2.95. The molecule has 23 heavy (non-hydrogen) atoms. The summed E-state index contributed by atoms with van der Waals surface area (Å²) >= 11 is 0. The van der Waals surface area contributed by atoms with E-state index in [-0.39, 0.29) is 24.0 Å². The van der Waals surface area contributed by atoms with Crippen molar-refractivity contribution in [3.05, 3.63) is 30.2 Å². The fourth-order valence-electron chi connectivity index (χ4n) is 2.25. The molecule has 0 aromatic carbocycles. The van der Waals surface area contributed by atoms with Crippen molar-refractivity contribution in [2.75, 3.05) is 13.1 Å². The third kappa shape index (κ3) is 6.32. The molecule has 0 saturated heterocycles. The predicted octanol–water partition coefficient (Wildman–Crippen LogP) is 2.98. The number of hydrogen-bond acceptors (Lipinski definition) is 3. The van der Waals surface area contributed by atoms with Gasteiger partial charge in [-0.1, -0.05) is 32.3 Å². The lowest BCUT2D eigenvalue weighted by Crippen LogP contribution is -2.37. The van der Waals surface area contributed by atoms with Crippen LogP contribution in [-0.2, 0) is 6.54 Å². The summed E-state index contributed by atoms with van der Waals surface area (Å²) in [6.07, 6.45) is 6.95. The third-order valence-electron chi connectivity index (χ3n) is 3.43. The molecular formula is C16H27IN6. The molecule has 0 unspecified atom stereocenters. The summed E-state index contributed by atoms with van der Waals surface area (Å²) < 4.78 is 1.97. The minimum atomic E-state index is 0. The number of aromatic nitrogens is 3. The van der Waals surface area contributed by atoms with Gasteiger partial charge < -0.3 is 10.6 Å². The molecule has 6 nitrogen and oxygen atoms in total. The van der Waals surface area contributed by atoms with Gasteiger partial charge in [-0.25, -0.2) is 4.99 Å². The zero-order valence-corrected chi connectivity index (χ0v) is 16.3. The van der Waals surface area contributed by atoms with Gasteiger partial charge in [0.05, 0.1) is 0 Å². The Labute approximate surface area is 155 Å². The van der Waals surface area contributed by atoms with Crippen LogP contribution in [0.25, 0.3) is 5.65 Å². The molecule has 2 heterocycles. The van der Waals surface area contributed by atoms with E-state index < -0.39 is 0 Å². The molecule has 0 spiro atoms. The van der Waals surface area contributed by atoms with E-state index in [4.69, 9.17) is 0 Å². The van der Waals surface area contributed by atoms with E-state index in [1.54, 1.807) is 0 Å². The maximum atomic E-state index is 4.59. The van der Waals surface area contributed by atoms with E-state index in [9.17, 15) is 0 Å². The van der Waals surface area contributed by atoms with Crippen LogP contribution in [0.2, 0.25) is 0 Å². The number of hydrogen-bond donors (Lipinski definition) is 2. The van der Waals surface area contributed by atoms with Crippen LogP contribution in [0.15, 0.2) is 29.4 Å². The van der Waals surface area contributed by atoms with Crippen molar-refractivity contribution in [3.63, 3.8) is 0 Å². The molecule has 0 atom stereocenters. The van der Waals surface area contributed by atoms with Crippen LogP contribution in [-0.4, -0.2) is 33.6 Å². The molecule has 0 aliphatic carbocycles. The van der Waals surface area contributed by atoms with E-state index in [1.165, 1.54) is 25.7 Å². The molecule has 0 amide bonds. The minimum absolute atomic E-state index is 0. The number of pyridine rings is 1. The Hall–Kier alpha value is -1.38. The van der Waals surface area contributed by atoms with E-state index in [2.05, 4.69) is 39.7 Å². The van der Waals surface area contributed by atoms with Crippen LogP contribution in [0.1, 0.15) is 45.4 Å². The van der Waals surface area contributed by atoms with Gasteiger partial charge in [0.1, 0.15) is 6.54 Å². The van der Waals surface area contributed by atoms with Gasteiger partial charge in [0, 0.05) is 19.3 Å². The highest BCUT2D eigenvalue weighted by molar-refractivity contribution is 14.0. The van der Waals surface area contributed by atoms with Crippen LogP contribution < -0.4 is 10.6 Å². The number of nitrogens with one attached hydrogen (secondary N) is 2. The fourth-order valence-corrected chi connectivity index (χ4v) is 2.25. The van der Waals surface area contributed by atoms with E-state index in [0.717, 1.165) is 30.5 Å². The molecular weight excluding hydrogens is 403 g/mol. The predicted molar refractivity (Wildman–Crippen MR) is 105 cm³/mol. The van der Waals surface area contributed by atoms with Crippen LogP contribution in [0.3, 0.4) is 0 Å². The Bertz CT molecular complexity index is 595. The lowest BCUT2D eigenvalue weighted by Gasteiger charge is -2.10. The van der Waals surface area contributed by atoms with Crippen molar-refractivity contribution < 1.29 is 0 Å². The van der Waals surface area contributed by atoms with Crippen LogP contribution >= 0.6 is 24.0 Å². The Kier molecular flexibility index (Phi) is 9.58. The first-order valence-corrected chi connectivity index (χ1v) is 8.16. The highest BCUT2D eigenvalue weighted by Crippen LogP contribution is 2.03. The van der Waals surface area contributed by atoms with Crippen LogP contribution in [0.5, 0.6) is 0 Å². The number of unbranched alkanes of at least 4 members (excludes halogenated alkanes) is 3. The summed E-state index contributed by atoms with van der Waals surface area (Å²) in [5.74, 6) is 1.69. The van der Waals surface area contributed by atoms with Crippen LogP contribution in [0.4, 0.5) is 0 Å². The van der Waals surface area contributed by atoms with Crippen molar-refractivity contribution in [2.24, 2.45) is 4.99 Å². The summed E-state index contributed by atoms with van der Waals surface area (Å²) in [7, 11) is 0. The van der Waals surface area contributed by atoms with Gasteiger partial charge in [-0.15, -0.1) is 34.2 Å². The molecule has 0 aliphatic heterocycles. The zero-order valence-electron chi connectivity index (χ0n) is 14.0. The van der Waals surface area contributed by atoms with Crippen LogP contribution in [0, 0.1) is 0 Å². The van der Waals surface area contributed by atoms with Gasteiger partial charge in [0.15, 0.2) is 17.4 Å². The molecule has 7 heteroatoms. The van der Waals surface area contributed by atoms with Gasteiger partial charge in [-0.2, -0.15) is 0 Å². The lowest BCUT2D eigenvalue weighted by molar-refractivity contribution is 0.647. The van der Waals surface area contributed by atoms with E-state index in [0.29, 0.717) is 6.54 Å². The second-order valence-corrected chi connectivity index (χ2v) is 5.23. The maximum absolute atomic E-state index is 4.59. The number of aliphatic imine (C=N–C) groups is 1. The highest BCUT2D eigenvalue weighted by Gasteiger charge is 2.04. The van der Waals surface area contributed by atoms with Crippen molar-refractivity contribution >= 4 is 35.6 Å². The average molecular weight is 430 g/mol. The molecule has 2 aromatic rings. The van der Waals surface area contributed by atoms with Gasteiger partial charge >= 0.3 is 0 Å². The number of nitrogens with zero attached hydrogens (tertiary/aromatic N) is 4. The molecule has 128 valence electrons. The molecule has 0 radical (unpaired) electrons. The number of rotatable bonds is 8. The standard InChI is InChI=1S/C16H26N6.HI/c1-3-5-6-8-11-18-16(17-4-2)19-13-15-21-20-14-10-7-9-12-22(14)15;/h7,9-10,12H,3-6,8,11,13H2,1-2H3,(H2,17,18,19);1H. The van der Waals surface area contributed by atoms with Gasteiger partial charge in [0.2, 0.25) is 0 Å². The van der Waals surface area contributed by atoms with Crippen molar-refractivity contribution in [3.8, 4) is 0 Å². The number of halogens is 1. The van der Waals surface area contributed by atoms with Gasteiger partial charge in [-0.3, -0.25) is 4.40 Å². The molecule has 0 saturated carbocycles. The topological polar surface area (TPSA) is 66.6 Å². The summed E-state index contributed by atoms with van der Waals surface area (Å²) in [5.41, 5.74) is 0.852. The molecule has 0 aliphatic rings. The third-order valence-corrected chi connectivity index (χ3v) is 3.43. The van der Waals surface area contributed by atoms with E-state index >= 15 is 0 Å². The first-order chi connectivity index (χ1) is 10.8. The summed E-state index contributed by atoms with van der Waals surface area (Å²) in [6, 6.07) is 5.87. The minimum Gasteiger partial charge on any atom is -0.357 e. The second kappa shape index (κ2) is 11.2. The Morgan fingerprint density at radius 2 is 2.00 bits per heavy atom. The summed E-state index contributed by atoms with van der Waals surface area (Å²) in [4.78, 5) is 4.59. The van der Waals surface area contributed by atoms with Crippen molar-refractivity contribution in [1.29, 1.82) is 0 Å². The van der Waals surface area contributed by atoms with Gasteiger partial charge in [-0.05, 0) is 25.5 Å². The fraction of sp³-hybridized carbons (Fsp3) is 0.562. The zero-order chi connectivity index (χ0) is 15.6. The van der Waals surface area contributed by atoms with Crippen molar-refractivity contribution in [1.82, 2.24) is 25.2 Å². The Morgan fingerprint density at radius 3 is 2.78 bits per heavy atom. The Balaban J connectivity index is 0.00000264. The molecule has 2 rings (SSSR count). The summed E-state index contributed by atoms with van der Waals surface area (Å²) in [5, 5.41) is 15.0. The maximum Gasteiger partial charge on any atom is 0.191 e. The SMILES string of the molecule is CCCCCCNC(=NCc1nnc2ccccn12)NCC.I. The smallest absolute Gasteiger partial charge is 0.191 e. The summed E-state index contributed by atoms with van der Waals surface area (Å²) in [6.45, 7) is 6.60. The molecule has 0 bridgehead atoms. The highest BCUT2D eigenvalue weighted by atomic mass is 127. The molecule has 2 N–H and O–H groups in total. The lowest BCUT2D eigenvalue weighted by atomic mass is 10.2. The molecule has 2 aromatic heterocycles. The Morgan fingerprint density at radius 1 is 1.13 bits per heavy atom. The first kappa shape index (κ1) is 19.7. The normalized spacial score (nSPS) is 11.3.